The highest BCUT2D eigenvalue weighted by Crippen LogP contribution is 2.14. The molecule has 6 nitrogen and oxygen atoms in total. The Kier molecular flexibility index (Phi) is 5.14. The third-order valence-electron chi connectivity index (χ3n) is 2.00. The summed E-state index contributed by atoms with van der Waals surface area (Å²) in [5.41, 5.74) is 5.60. The molecule has 1 rings (SSSR count). The van der Waals surface area contributed by atoms with E-state index in [2.05, 4.69) is 25.9 Å². The van der Waals surface area contributed by atoms with Gasteiger partial charge in [0.15, 0.2) is 0 Å². The molecule has 17 heavy (non-hydrogen) atoms. The van der Waals surface area contributed by atoms with Crippen molar-refractivity contribution in [3.63, 3.8) is 0 Å². The molecule has 1 heterocycles. The number of hydrogen-bond donors (Lipinski definition) is 1. The van der Waals surface area contributed by atoms with Crippen LogP contribution in [-0.4, -0.2) is 36.1 Å². The molecule has 0 spiro atoms. The molecule has 1 aromatic heterocycles. The monoisotopic (exact) mass is 302 g/mol. The van der Waals surface area contributed by atoms with Crippen molar-refractivity contribution in [2.45, 2.75) is 13.3 Å². The van der Waals surface area contributed by atoms with Gasteiger partial charge in [-0.3, -0.25) is 4.79 Å². The van der Waals surface area contributed by atoms with E-state index >= 15 is 0 Å². The van der Waals surface area contributed by atoms with E-state index in [-0.39, 0.29) is 5.97 Å². The summed E-state index contributed by atoms with van der Waals surface area (Å²) in [7, 11) is 1.79. The number of nitrogens with zero attached hydrogens (tertiary/aromatic N) is 3. The molecule has 0 fully saturated rings. The average Bonchev–Trinajstić information content (AvgIpc) is 2.25. The second-order valence-corrected chi connectivity index (χ2v) is 4.20. The van der Waals surface area contributed by atoms with Crippen molar-refractivity contribution < 1.29 is 9.53 Å². The smallest absolute Gasteiger partial charge is 0.307 e. The number of carbonyl (C=O) groups is 1. The van der Waals surface area contributed by atoms with Crippen LogP contribution < -0.4 is 10.6 Å². The van der Waals surface area contributed by atoms with Crippen LogP contribution in [0, 0.1) is 0 Å². The number of nitrogens with two attached hydrogens (primary N) is 1. The van der Waals surface area contributed by atoms with Crippen LogP contribution in [0.4, 0.5) is 11.8 Å². The maximum Gasteiger partial charge on any atom is 0.307 e. The molecule has 1 aromatic rings. The lowest BCUT2D eigenvalue weighted by atomic mass is 10.4. The second kappa shape index (κ2) is 6.39. The molecular weight excluding hydrogens is 288 g/mol. The van der Waals surface area contributed by atoms with E-state index in [1.807, 2.05) is 0 Å². The molecule has 0 unspecified atom stereocenters. The quantitative estimate of drug-likeness (QED) is 0.650. The van der Waals surface area contributed by atoms with Gasteiger partial charge in [-0.1, -0.05) is 0 Å². The summed E-state index contributed by atoms with van der Waals surface area (Å²) in [4.78, 5) is 21.2. The zero-order valence-electron chi connectivity index (χ0n) is 9.81. The number of hydrogen-bond acceptors (Lipinski definition) is 6. The van der Waals surface area contributed by atoms with Crippen LogP contribution in [0.15, 0.2) is 10.7 Å². The number of ether oxygens (including phenoxy) is 1. The zero-order chi connectivity index (χ0) is 12.8. The van der Waals surface area contributed by atoms with E-state index in [1.165, 1.54) is 0 Å². The standard InChI is InChI=1S/C10H15BrN4O2/c1-3-17-9(16)4-5-15(2)10-13-7(11)6-8(12)14-10/h6H,3-5H2,1-2H3,(H2,12,13,14). The summed E-state index contributed by atoms with van der Waals surface area (Å²) >= 11 is 3.24. The Balaban J connectivity index is 2.57. The van der Waals surface area contributed by atoms with Crippen molar-refractivity contribution in [1.29, 1.82) is 0 Å². The molecular formula is C10H15BrN4O2. The minimum atomic E-state index is -0.234. The van der Waals surface area contributed by atoms with E-state index in [4.69, 9.17) is 10.5 Å². The fourth-order valence-electron chi connectivity index (χ4n) is 1.19. The number of carbonyl (C=O) groups excluding carboxylic acids is 1. The fourth-order valence-corrected chi connectivity index (χ4v) is 1.58. The fraction of sp³-hybridized carbons (Fsp3) is 0.500. The Labute approximate surface area is 108 Å². The molecule has 0 radical (unpaired) electrons. The minimum absolute atomic E-state index is 0.234. The summed E-state index contributed by atoms with van der Waals surface area (Å²) in [6.07, 6.45) is 0.292. The topological polar surface area (TPSA) is 81.3 Å². The van der Waals surface area contributed by atoms with Gasteiger partial charge in [-0.25, -0.2) is 4.98 Å². The summed E-state index contributed by atoms with van der Waals surface area (Å²) < 4.78 is 5.45. The maximum absolute atomic E-state index is 11.2. The molecule has 0 saturated carbocycles. The number of rotatable bonds is 5. The van der Waals surface area contributed by atoms with Crippen LogP contribution in [0.25, 0.3) is 0 Å². The van der Waals surface area contributed by atoms with Crippen molar-refractivity contribution >= 4 is 33.7 Å². The van der Waals surface area contributed by atoms with Crippen LogP contribution in [0.2, 0.25) is 0 Å². The van der Waals surface area contributed by atoms with Crippen molar-refractivity contribution in [3.8, 4) is 0 Å². The van der Waals surface area contributed by atoms with E-state index in [0.717, 1.165) is 0 Å². The molecule has 0 saturated heterocycles. The summed E-state index contributed by atoms with van der Waals surface area (Å²) in [5, 5.41) is 0. The lowest BCUT2D eigenvalue weighted by molar-refractivity contribution is -0.142. The normalized spacial score (nSPS) is 10.1. The van der Waals surface area contributed by atoms with Crippen LogP contribution in [0.1, 0.15) is 13.3 Å². The molecule has 0 amide bonds. The van der Waals surface area contributed by atoms with Gasteiger partial charge in [0.1, 0.15) is 10.4 Å². The predicted octanol–water partition coefficient (Wildman–Crippen LogP) is 1.21. The number of nitrogen functional groups attached to an aromatic ring is 1. The first kappa shape index (κ1) is 13.7. The second-order valence-electron chi connectivity index (χ2n) is 3.39. The van der Waals surface area contributed by atoms with Gasteiger partial charge in [0.05, 0.1) is 13.0 Å². The van der Waals surface area contributed by atoms with E-state index < -0.39 is 0 Å². The van der Waals surface area contributed by atoms with Crippen LogP contribution in [0.5, 0.6) is 0 Å². The number of anilines is 2. The van der Waals surface area contributed by atoms with Crippen molar-refractivity contribution in [2.24, 2.45) is 0 Å². The third-order valence-corrected chi connectivity index (χ3v) is 2.41. The van der Waals surface area contributed by atoms with Gasteiger partial charge >= 0.3 is 5.97 Å². The highest BCUT2D eigenvalue weighted by atomic mass is 79.9. The van der Waals surface area contributed by atoms with Crippen molar-refractivity contribution in [1.82, 2.24) is 9.97 Å². The van der Waals surface area contributed by atoms with Gasteiger partial charge in [-0.15, -0.1) is 0 Å². The lowest BCUT2D eigenvalue weighted by Gasteiger charge is -2.16. The number of aromatic nitrogens is 2. The molecule has 0 atom stereocenters. The highest BCUT2D eigenvalue weighted by molar-refractivity contribution is 9.10. The molecule has 0 aromatic carbocycles. The Morgan fingerprint density at radius 3 is 2.88 bits per heavy atom. The molecule has 94 valence electrons. The Morgan fingerprint density at radius 1 is 1.59 bits per heavy atom. The van der Waals surface area contributed by atoms with E-state index in [1.54, 1.807) is 24.9 Å². The van der Waals surface area contributed by atoms with Crippen molar-refractivity contribution in [2.75, 3.05) is 30.8 Å². The first-order chi connectivity index (χ1) is 8.02. The maximum atomic E-state index is 11.2. The first-order valence-corrected chi connectivity index (χ1v) is 5.99. The lowest BCUT2D eigenvalue weighted by Crippen LogP contribution is -2.24. The predicted molar refractivity (Wildman–Crippen MR) is 68.7 cm³/mol. The molecule has 7 heteroatoms. The van der Waals surface area contributed by atoms with Gasteiger partial charge in [-0.2, -0.15) is 4.98 Å². The Morgan fingerprint density at radius 2 is 2.29 bits per heavy atom. The third kappa shape index (κ3) is 4.56. The van der Waals surface area contributed by atoms with Gasteiger partial charge in [0.2, 0.25) is 5.95 Å². The van der Waals surface area contributed by atoms with Crippen molar-refractivity contribution in [3.05, 3.63) is 10.7 Å². The molecule has 0 bridgehead atoms. The summed E-state index contributed by atoms with van der Waals surface area (Å²) in [5.74, 6) is 0.619. The highest BCUT2D eigenvalue weighted by Gasteiger charge is 2.09. The number of esters is 1. The number of halogens is 1. The van der Waals surface area contributed by atoms with Gasteiger partial charge in [-0.05, 0) is 22.9 Å². The molecule has 0 aliphatic rings. The van der Waals surface area contributed by atoms with E-state index in [0.29, 0.717) is 35.9 Å². The SMILES string of the molecule is CCOC(=O)CCN(C)c1nc(N)cc(Br)n1. The minimum Gasteiger partial charge on any atom is -0.466 e. The summed E-state index contributed by atoms with van der Waals surface area (Å²) in [6.45, 7) is 2.65. The molecule has 0 aliphatic carbocycles. The van der Waals surface area contributed by atoms with Crippen LogP contribution in [-0.2, 0) is 9.53 Å². The first-order valence-electron chi connectivity index (χ1n) is 5.19. The van der Waals surface area contributed by atoms with Gasteiger partial charge in [0.25, 0.3) is 0 Å². The van der Waals surface area contributed by atoms with E-state index in [9.17, 15) is 4.79 Å². The van der Waals surface area contributed by atoms with Gasteiger partial charge < -0.3 is 15.4 Å². The largest absolute Gasteiger partial charge is 0.466 e. The molecule has 2 N–H and O–H groups in total. The molecule has 0 aliphatic heterocycles. The Bertz CT molecular complexity index is 380. The Hall–Kier alpha value is -1.37. The van der Waals surface area contributed by atoms with Crippen LogP contribution >= 0.6 is 15.9 Å². The van der Waals surface area contributed by atoms with Gasteiger partial charge in [0, 0.05) is 19.7 Å². The zero-order valence-corrected chi connectivity index (χ0v) is 11.4. The summed E-state index contributed by atoms with van der Waals surface area (Å²) in [6, 6.07) is 1.61. The average molecular weight is 303 g/mol. The van der Waals surface area contributed by atoms with Crippen LogP contribution in [0.3, 0.4) is 0 Å².